The van der Waals surface area contributed by atoms with Gasteiger partial charge in [-0.25, -0.2) is 0 Å². The predicted octanol–water partition coefficient (Wildman–Crippen LogP) is 2.07. The average Bonchev–Trinajstić information content (AvgIpc) is 1.78. The van der Waals surface area contributed by atoms with Crippen molar-refractivity contribution >= 4 is 0 Å². The third-order valence-corrected chi connectivity index (χ3v) is 3.63. The molecule has 1 spiro atoms. The van der Waals surface area contributed by atoms with Crippen molar-refractivity contribution in [2.75, 3.05) is 0 Å². The van der Waals surface area contributed by atoms with Crippen LogP contribution in [0.25, 0.3) is 0 Å². The summed E-state index contributed by atoms with van der Waals surface area (Å²) in [5.74, 6) is 0. The molecule has 0 bridgehead atoms. The van der Waals surface area contributed by atoms with Crippen LogP contribution in [0, 0.1) is 5.41 Å². The Morgan fingerprint density at radius 1 is 1.31 bits per heavy atom. The van der Waals surface area contributed by atoms with Crippen molar-refractivity contribution in [2.24, 2.45) is 11.1 Å². The van der Waals surface area contributed by atoms with Gasteiger partial charge in [0.15, 0.2) is 0 Å². The maximum Gasteiger partial charge on any atom is 0.0668 e. The van der Waals surface area contributed by atoms with E-state index in [9.17, 15) is 0 Å². The molecule has 76 valence electrons. The highest BCUT2D eigenvalue weighted by Crippen LogP contribution is 2.57. The lowest BCUT2D eigenvalue weighted by Crippen LogP contribution is -2.66. The number of hydrogen-bond donors (Lipinski definition) is 1. The van der Waals surface area contributed by atoms with E-state index in [-0.39, 0.29) is 5.60 Å². The van der Waals surface area contributed by atoms with Crippen LogP contribution in [0.15, 0.2) is 0 Å². The molecular weight excluding hydrogens is 162 g/mol. The van der Waals surface area contributed by atoms with E-state index >= 15 is 0 Å². The van der Waals surface area contributed by atoms with E-state index in [2.05, 4.69) is 20.8 Å². The Balaban J connectivity index is 1.96. The van der Waals surface area contributed by atoms with E-state index in [1.165, 1.54) is 19.3 Å². The van der Waals surface area contributed by atoms with Crippen LogP contribution >= 0.6 is 0 Å². The Kier molecular flexibility index (Phi) is 1.97. The van der Waals surface area contributed by atoms with Gasteiger partial charge >= 0.3 is 0 Å². The van der Waals surface area contributed by atoms with Crippen molar-refractivity contribution in [3.05, 3.63) is 0 Å². The first-order chi connectivity index (χ1) is 5.94. The first-order valence-corrected chi connectivity index (χ1v) is 5.37. The van der Waals surface area contributed by atoms with Gasteiger partial charge in [-0.2, -0.15) is 0 Å². The largest absolute Gasteiger partial charge is 0.372 e. The molecule has 0 aliphatic heterocycles. The van der Waals surface area contributed by atoms with Crippen molar-refractivity contribution in [3.8, 4) is 0 Å². The first kappa shape index (κ1) is 9.47. The van der Waals surface area contributed by atoms with Gasteiger partial charge in [-0.05, 0) is 40.0 Å². The van der Waals surface area contributed by atoms with Gasteiger partial charge in [-0.15, -0.1) is 0 Å². The Hall–Kier alpha value is -0.0800. The molecule has 2 atom stereocenters. The zero-order valence-electron chi connectivity index (χ0n) is 8.97. The molecule has 0 amide bonds. The molecule has 2 N–H and O–H groups in total. The predicted molar refractivity (Wildman–Crippen MR) is 53.5 cm³/mol. The number of nitrogens with two attached hydrogens (primary N) is 1. The minimum absolute atomic E-state index is 0.00655. The molecule has 2 aliphatic rings. The fourth-order valence-corrected chi connectivity index (χ4v) is 2.65. The molecule has 0 aromatic rings. The maximum absolute atomic E-state index is 6.05. The van der Waals surface area contributed by atoms with Gasteiger partial charge in [0.05, 0.1) is 11.7 Å². The summed E-state index contributed by atoms with van der Waals surface area (Å²) < 4.78 is 6.02. The second-order valence-electron chi connectivity index (χ2n) is 5.65. The van der Waals surface area contributed by atoms with E-state index in [4.69, 9.17) is 10.5 Å². The minimum Gasteiger partial charge on any atom is -0.372 e. The van der Waals surface area contributed by atoms with Crippen molar-refractivity contribution in [1.82, 2.24) is 0 Å². The molecule has 0 aromatic heterocycles. The summed E-state index contributed by atoms with van der Waals surface area (Å²) in [6, 6.07) is 0.411. The average molecular weight is 183 g/mol. The lowest BCUT2D eigenvalue weighted by molar-refractivity contribution is -0.207. The molecule has 13 heavy (non-hydrogen) atoms. The SMILES string of the molecule is CC(C)(C)O[C@H]1C[C@H](N)C12CCC2. The highest BCUT2D eigenvalue weighted by Gasteiger charge is 2.58. The highest BCUT2D eigenvalue weighted by molar-refractivity contribution is 5.11. The van der Waals surface area contributed by atoms with Gasteiger partial charge in [0.25, 0.3) is 0 Å². The fraction of sp³-hybridized carbons (Fsp3) is 1.00. The third kappa shape index (κ3) is 1.40. The summed E-state index contributed by atoms with van der Waals surface area (Å²) in [6.45, 7) is 6.38. The number of hydrogen-bond acceptors (Lipinski definition) is 2. The zero-order chi connectivity index (χ0) is 9.69. The minimum atomic E-state index is -0.00655. The van der Waals surface area contributed by atoms with Gasteiger partial charge in [0, 0.05) is 11.5 Å². The Morgan fingerprint density at radius 3 is 2.23 bits per heavy atom. The third-order valence-electron chi connectivity index (χ3n) is 3.63. The lowest BCUT2D eigenvalue weighted by atomic mass is 9.51. The van der Waals surface area contributed by atoms with Crippen LogP contribution in [-0.2, 0) is 4.74 Å². The summed E-state index contributed by atoms with van der Waals surface area (Å²) in [5.41, 5.74) is 6.42. The normalized spacial score (nSPS) is 36.9. The number of ether oxygens (including phenoxy) is 1. The molecule has 0 unspecified atom stereocenters. The van der Waals surface area contributed by atoms with Gasteiger partial charge in [0.2, 0.25) is 0 Å². The van der Waals surface area contributed by atoms with Gasteiger partial charge in [-0.1, -0.05) is 6.42 Å². The van der Waals surface area contributed by atoms with Crippen LogP contribution < -0.4 is 5.73 Å². The van der Waals surface area contributed by atoms with Crippen LogP contribution in [0.5, 0.6) is 0 Å². The highest BCUT2D eigenvalue weighted by atomic mass is 16.5. The van der Waals surface area contributed by atoms with E-state index in [0.29, 0.717) is 17.6 Å². The van der Waals surface area contributed by atoms with Crippen LogP contribution in [0.3, 0.4) is 0 Å². The maximum atomic E-state index is 6.05. The Bertz CT molecular complexity index is 203. The van der Waals surface area contributed by atoms with Gasteiger partial charge in [-0.3, -0.25) is 0 Å². The lowest BCUT2D eigenvalue weighted by Gasteiger charge is -2.61. The zero-order valence-corrected chi connectivity index (χ0v) is 8.97. The van der Waals surface area contributed by atoms with E-state index in [1.54, 1.807) is 0 Å². The van der Waals surface area contributed by atoms with Crippen LogP contribution in [-0.4, -0.2) is 17.7 Å². The molecule has 2 heteroatoms. The molecule has 0 heterocycles. The Morgan fingerprint density at radius 2 is 1.92 bits per heavy atom. The summed E-state index contributed by atoms with van der Waals surface area (Å²) in [5, 5.41) is 0. The Labute approximate surface area is 80.8 Å². The summed E-state index contributed by atoms with van der Waals surface area (Å²) in [4.78, 5) is 0. The molecule has 0 aromatic carbocycles. The molecule has 2 rings (SSSR count). The van der Waals surface area contributed by atoms with E-state index < -0.39 is 0 Å². The molecule has 2 saturated carbocycles. The van der Waals surface area contributed by atoms with Crippen molar-refractivity contribution < 1.29 is 4.74 Å². The molecule has 2 nitrogen and oxygen atoms in total. The van der Waals surface area contributed by atoms with Crippen molar-refractivity contribution in [2.45, 2.75) is 64.2 Å². The smallest absolute Gasteiger partial charge is 0.0668 e. The van der Waals surface area contributed by atoms with Gasteiger partial charge in [0.1, 0.15) is 0 Å². The molecular formula is C11H21NO. The topological polar surface area (TPSA) is 35.2 Å². The summed E-state index contributed by atoms with van der Waals surface area (Å²) >= 11 is 0. The second kappa shape index (κ2) is 2.71. The standard InChI is InChI=1S/C11H21NO/c1-10(2,3)13-9-7-8(12)11(9)5-4-6-11/h8-9H,4-7,12H2,1-3H3/t8-,9-/m0/s1. The van der Waals surface area contributed by atoms with Crippen LogP contribution in [0.2, 0.25) is 0 Å². The number of rotatable bonds is 1. The van der Waals surface area contributed by atoms with E-state index in [1.807, 2.05) is 0 Å². The first-order valence-electron chi connectivity index (χ1n) is 5.37. The second-order valence-corrected chi connectivity index (χ2v) is 5.65. The summed E-state index contributed by atoms with van der Waals surface area (Å²) in [6.07, 6.45) is 5.43. The fourth-order valence-electron chi connectivity index (χ4n) is 2.65. The molecule has 2 aliphatic carbocycles. The quantitative estimate of drug-likeness (QED) is 0.675. The van der Waals surface area contributed by atoms with Crippen molar-refractivity contribution in [3.63, 3.8) is 0 Å². The van der Waals surface area contributed by atoms with Crippen LogP contribution in [0.4, 0.5) is 0 Å². The van der Waals surface area contributed by atoms with E-state index in [0.717, 1.165) is 6.42 Å². The van der Waals surface area contributed by atoms with Crippen LogP contribution in [0.1, 0.15) is 46.5 Å². The van der Waals surface area contributed by atoms with Gasteiger partial charge < -0.3 is 10.5 Å². The molecule has 2 fully saturated rings. The molecule has 0 saturated heterocycles. The monoisotopic (exact) mass is 183 g/mol. The summed E-state index contributed by atoms with van der Waals surface area (Å²) in [7, 11) is 0. The molecule has 0 radical (unpaired) electrons. The van der Waals surface area contributed by atoms with Crippen molar-refractivity contribution in [1.29, 1.82) is 0 Å².